The van der Waals surface area contributed by atoms with Gasteiger partial charge in [-0.1, -0.05) is 23.7 Å². The second kappa shape index (κ2) is 6.42. The maximum Gasteiger partial charge on any atom is 0.226 e. The van der Waals surface area contributed by atoms with Crippen molar-refractivity contribution < 1.29 is 9.53 Å². The number of ether oxygens (including phenoxy) is 1. The number of aromatic nitrogens is 4. The molecule has 3 heterocycles. The first kappa shape index (κ1) is 16.5. The Balaban J connectivity index is 1.85. The van der Waals surface area contributed by atoms with E-state index in [9.17, 15) is 4.79 Å². The molecule has 1 aliphatic heterocycles. The standard InChI is InChI=1S/C18H16ClN5O2/c1-10-17-13(11-4-3-5-12(8-11)26-2)9-16(25)20-18(17)24(23-10)15-7-6-14(19)21-22-15/h3-8,13H,9H2,1-2H3,(H,20,25)/t13-/m1/s1. The molecule has 1 atom stereocenters. The molecule has 1 N–H and O–H groups in total. The van der Waals surface area contributed by atoms with E-state index in [1.807, 2.05) is 31.2 Å². The van der Waals surface area contributed by atoms with Crippen molar-refractivity contribution in [1.82, 2.24) is 20.0 Å². The summed E-state index contributed by atoms with van der Waals surface area (Å²) in [7, 11) is 1.63. The fourth-order valence-electron chi connectivity index (χ4n) is 3.28. The summed E-state index contributed by atoms with van der Waals surface area (Å²) >= 11 is 5.82. The minimum Gasteiger partial charge on any atom is -0.497 e. The Morgan fingerprint density at radius 2 is 2.12 bits per heavy atom. The molecule has 132 valence electrons. The Morgan fingerprint density at radius 1 is 1.27 bits per heavy atom. The monoisotopic (exact) mass is 369 g/mol. The van der Waals surface area contributed by atoms with Gasteiger partial charge in [0.1, 0.15) is 11.6 Å². The first-order chi connectivity index (χ1) is 12.6. The van der Waals surface area contributed by atoms with E-state index < -0.39 is 0 Å². The van der Waals surface area contributed by atoms with Crippen LogP contribution in [0.1, 0.15) is 29.2 Å². The molecular weight excluding hydrogens is 354 g/mol. The van der Waals surface area contributed by atoms with Crippen molar-refractivity contribution >= 4 is 23.3 Å². The maximum atomic E-state index is 12.4. The summed E-state index contributed by atoms with van der Waals surface area (Å²) in [6, 6.07) is 11.1. The molecule has 0 saturated heterocycles. The van der Waals surface area contributed by atoms with Gasteiger partial charge in [0, 0.05) is 17.9 Å². The van der Waals surface area contributed by atoms with Gasteiger partial charge < -0.3 is 10.1 Å². The number of hydrogen-bond acceptors (Lipinski definition) is 5. The summed E-state index contributed by atoms with van der Waals surface area (Å²) in [5, 5.41) is 15.7. The van der Waals surface area contributed by atoms with Gasteiger partial charge in [-0.05, 0) is 36.8 Å². The third kappa shape index (κ3) is 2.80. The first-order valence-corrected chi connectivity index (χ1v) is 8.47. The van der Waals surface area contributed by atoms with Gasteiger partial charge in [0.05, 0.1) is 12.8 Å². The molecule has 26 heavy (non-hydrogen) atoms. The number of fused-ring (bicyclic) bond motifs is 1. The lowest BCUT2D eigenvalue weighted by Gasteiger charge is -2.24. The molecule has 1 aliphatic rings. The van der Waals surface area contributed by atoms with Crippen molar-refractivity contribution in [3.8, 4) is 11.6 Å². The molecular formula is C18H16ClN5O2. The predicted octanol–water partition coefficient (Wildman–Crippen LogP) is 3.11. The summed E-state index contributed by atoms with van der Waals surface area (Å²) in [6.45, 7) is 1.92. The second-order valence-electron chi connectivity index (χ2n) is 6.06. The van der Waals surface area contributed by atoms with Crippen molar-refractivity contribution in [2.45, 2.75) is 19.3 Å². The Bertz CT molecular complexity index is 984. The quantitative estimate of drug-likeness (QED) is 0.767. The van der Waals surface area contributed by atoms with Crippen molar-refractivity contribution in [2.24, 2.45) is 0 Å². The van der Waals surface area contributed by atoms with Gasteiger partial charge in [-0.15, -0.1) is 10.2 Å². The molecule has 8 heteroatoms. The first-order valence-electron chi connectivity index (χ1n) is 8.09. The van der Waals surface area contributed by atoms with E-state index in [4.69, 9.17) is 16.3 Å². The van der Waals surface area contributed by atoms with Crippen molar-refractivity contribution in [3.63, 3.8) is 0 Å². The number of hydrogen-bond donors (Lipinski definition) is 1. The van der Waals surface area contributed by atoms with Gasteiger partial charge in [-0.25, -0.2) is 0 Å². The number of nitrogens with zero attached hydrogens (tertiary/aromatic N) is 4. The maximum absolute atomic E-state index is 12.4. The van der Waals surface area contributed by atoms with E-state index in [1.165, 1.54) is 0 Å². The lowest BCUT2D eigenvalue weighted by atomic mass is 9.86. The molecule has 0 radical (unpaired) electrons. The summed E-state index contributed by atoms with van der Waals surface area (Å²) in [6.07, 6.45) is 0.346. The Labute approximate surface area is 155 Å². The highest BCUT2D eigenvalue weighted by molar-refractivity contribution is 6.29. The molecule has 3 aromatic rings. The number of halogens is 1. The molecule has 0 spiro atoms. The highest BCUT2D eigenvalue weighted by atomic mass is 35.5. The van der Waals surface area contributed by atoms with Gasteiger partial charge in [0.2, 0.25) is 5.91 Å². The SMILES string of the molecule is COc1cccc([C@H]2CC(=O)Nc3c2c(C)nn3-c2ccc(Cl)nn2)c1. The molecule has 7 nitrogen and oxygen atoms in total. The lowest BCUT2D eigenvalue weighted by molar-refractivity contribution is -0.116. The minimum absolute atomic E-state index is 0.0756. The molecule has 1 amide bonds. The molecule has 0 bridgehead atoms. The van der Waals surface area contributed by atoms with Gasteiger partial charge in [0.15, 0.2) is 11.0 Å². The lowest BCUT2D eigenvalue weighted by Crippen LogP contribution is -2.25. The zero-order valence-electron chi connectivity index (χ0n) is 14.2. The highest BCUT2D eigenvalue weighted by Crippen LogP contribution is 2.40. The van der Waals surface area contributed by atoms with Crippen LogP contribution in [0.3, 0.4) is 0 Å². The summed E-state index contributed by atoms with van der Waals surface area (Å²) in [4.78, 5) is 12.4. The van der Waals surface area contributed by atoms with E-state index in [-0.39, 0.29) is 11.8 Å². The Hall–Kier alpha value is -2.93. The van der Waals surface area contributed by atoms with Crippen molar-refractivity contribution in [2.75, 3.05) is 12.4 Å². The second-order valence-corrected chi connectivity index (χ2v) is 6.44. The average molecular weight is 370 g/mol. The van der Waals surface area contributed by atoms with Crippen LogP contribution in [0.15, 0.2) is 36.4 Å². The summed E-state index contributed by atoms with van der Waals surface area (Å²) in [5.74, 6) is 1.67. The Kier molecular flexibility index (Phi) is 4.08. The largest absolute Gasteiger partial charge is 0.497 e. The molecule has 1 aromatic carbocycles. The van der Waals surface area contributed by atoms with Crippen LogP contribution in [0.2, 0.25) is 5.15 Å². The van der Waals surface area contributed by atoms with Crippen LogP contribution in [0.25, 0.3) is 5.82 Å². The zero-order valence-corrected chi connectivity index (χ0v) is 15.0. The number of methoxy groups -OCH3 is 1. The smallest absolute Gasteiger partial charge is 0.226 e. The molecule has 0 saturated carbocycles. The van der Waals surface area contributed by atoms with Crippen LogP contribution >= 0.6 is 11.6 Å². The van der Waals surface area contributed by atoms with E-state index in [0.717, 1.165) is 22.6 Å². The van der Waals surface area contributed by atoms with Crippen LogP contribution in [-0.4, -0.2) is 33.0 Å². The molecule has 2 aromatic heterocycles. The van der Waals surface area contributed by atoms with Gasteiger partial charge in [-0.2, -0.15) is 9.78 Å². The highest BCUT2D eigenvalue weighted by Gasteiger charge is 2.33. The van der Waals surface area contributed by atoms with Crippen LogP contribution < -0.4 is 10.1 Å². The van der Waals surface area contributed by atoms with Crippen LogP contribution in [0.4, 0.5) is 5.82 Å². The normalized spacial score (nSPS) is 16.1. The fraction of sp³-hybridized carbons (Fsp3) is 0.222. The van der Waals surface area contributed by atoms with Crippen molar-refractivity contribution in [1.29, 1.82) is 0 Å². The van der Waals surface area contributed by atoms with Crippen LogP contribution in [0.5, 0.6) is 5.75 Å². The third-order valence-electron chi connectivity index (χ3n) is 4.43. The molecule has 4 rings (SSSR count). The number of anilines is 1. The van der Waals surface area contributed by atoms with Gasteiger partial charge in [0.25, 0.3) is 0 Å². The fourth-order valence-corrected chi connectivity index (χ4v) is 3.38. The number of rotatable bonds is 3. The molecule has 0 fully saturated rings. The Morgan fingerprint density at radius 3 is 2.85 bits per heavy atom. The third-order valence-corrected chi connectivity index (χ3v) is 4.64. The van der Waals surface area contributed by atoms with E-state index in [0.29, 0.717) is 23.2 Å². The molecule has 0 aliphatic carbocycles. The number of amides is 1. The number of aryl methyl sites for hydroxylation is 1. The van der Waals surface area contributed by atoms with Gasteiger partial charge in [-0.3, -0.25) is 4.79 Å². The van der Waals surface area contributed by atoms with Gasteiger partial charge >= 0.3 is 0 Å². The number of carbonyl (C=O) groups excluding carboxylic acids is 1. The van der Waals surface area contributed by atoms with Crippen molar-refractivity contribution in [3.05, 3.63) is 58.4 Å². The van der Waals surface area contributed by atoms with E-state index in [1.54, 1.807) is 23.9 Å². The number of nitrogens with one attached hydrogen (secondary N) is 1. The van der Waals surface area contributed by atoms with E-state index in [2.05, 4.69) is 20.6 Å². The summed E-state index contributed by atoms with van der Waals surface area (Å²) < 4.78 is 6.92. The van der Waals surface area contributed by atoms with Crippen LogP contribution in [-0.2, 0) is 4.79 Å². The average Bonchev–Trinajstić information content (AvgIpc) is 2.98. The molecule has 0 unspecified atom stereocenters. The minimum atomic E-state index is -0.108. The zero-order chi connectivity index (χ0) is 18.3. The number of carbonyl (C=O) groups is 1. The van der Waals surface area contributed by atoms with Crippen LogP contribution in [0, 0.1) is 6.92 Å². The topological polar surface area (TPSA) is 81.9 Å². The predicted molar refractivity (Wildman–Crippen MR) is 97.0 cm³/mol. The van der Waals surface area contributed by atoms with E-state index >= 15 is 0 Å². The summed E-state index contributed by atoms with van der Waals surface area (Å²) in [5.41, 5.74) is 2.80. The number of benzene rings is 1.